The molecule has 8 heteroatoms. The minimum absolute atomic E-state index is 0.163. The maximum atomic E-state index is 13.0. The van der Waals surface area contributed by atoms with Crippen molar-refractivity contribution in [3.63, 3.8) is 0 Å². The molecule has 1 heterocycles. The van der Waals surface area contributed by atoms with Crippen LogP contribution in [-0.4, -0.2) is 8.42 Å². The first-order valence-corrected chi connectivity index (χ1v) is 7.36. The van der Waals surface area contributed by atoms with Gasteiger partial charge in [-0.05, 0) is 29.6 Å². The molecule has 0 aliphatic rings. The highest BCUT2D eigenvalue weighted by Gasteiger charge is 2.18. The van der Waals surface area contributed by atoms with Gasteiger partial charge in [-0.25, -0.2) is 12.8 Å². The topological polar surface area (TPSA) is 96.0 Å². The van der Waals surface area contributed by atoms with Crippen LogP contribution in [0.15, 0.2) is 34.5 Å². The Morgan fingerprint density at radius 3 is 2.74 bits per heavy atom. The molecule has 1 aromatic heterocycles. The number of nitrogens with two attached hydrogens (primary N) is 1. The van der Waals surface area contributed by atoms with Crippen molar-refractivity contribution in [2.45, 2.75) is 4.90 Å². The number of nitrogens with one attached hydrogen (secondary N) is 1. The average Bonchev–Trinajstić information content (AvgIpc) is 2.79. The van der Waals surface area contributed by atoms with Crippen molar-refractivity contribution in [3.8, 4) is 6.07 Å². The van der Waals surface area contributed by atoms with Crippen LogP contribution in [0.2, 0.25) is 0 Å². The summed E-state index contributed by atoms with van der Waals surface area (Å²) in [5, 5.41) is 10.6. The molecule has 0 bridgehead atoms. The molecule has 0 atom stereocenters. The fourth-order valence-corrected chi connectivity index (χ4v) is 3.45. The average molecular weight is 297 g/mol. The van der Waals surface area contributed by atoms with Gasteiger partial charge in [0.05, 0.1) is 16.1 Å². The highest BCUT2D eigenvalue weighted by Crippen LogP contribution is 2.26. The molecule has 0 radical (unpaired) electrons. The predicted molar refractivity (Wildman–Crippen MR) is 70.7 cm³/mol. The van der Waals surface area contributed by atoms with Gasteiger partial charge in [0.1, 0.15) is 16.9 Å². The van der Waals surface area contributed by atoms with Crippen LogP contribution in [-0.2, 0) is 10.0 Å². The van der Waals surface area contributed by atoms with Gasteiger partial charge in [-0.15, -0.1) is 11.3 Å². The Bertz CT molecular complexity index is 762. The number of anilines is 2. The van der Waals surface area contributed by atoms with Gasteiger partial charge in [0.25, 0.3) is 10.0 Å². The molecular weight excluding hydrogens is 289 g/mol. The highest BCUT2D eigenvalue weighted by atomic mass is 32.2. The van der Waals surface area contributed by atoms with E-state index < -0.39 is 15.8 Å². The highest BCUT2D eigenvalue weighted by molar-refractivity contribution is 7.93. The van der Waals surface area contributed by atoms with Crippen molar-refractivity contribution in [3.05, 3.63) is 41.0 Å². The summed E-state index contributed by atoms with van der Waals surface area (Å²) in [7, 11) is -3.89. The van der Waals surface area contributed by atoms with E-state index in [1.807, 2.05) is 6.07 Å². The van der Waals surface area contributed by atoms with Crippen molar-refractivity contribution >= 4 is 32.0 Å². The number of sulfonamides is 1. The van der Waals surface area contributed by atoms with Crippen LogP contribution in [0.5, 0.6) is 0 Å². The van der Waals surface area contributed by atoms with Gasteiger partial charge >= 0.3 is 0 Å². The number of hydrogen-bond donors (Lipinski definition) is 2. The lowest BCUT2D eigenvalue weighted by molar-refractivity contribution is 0.600. The molecule has 3 N–H and O–H groups in total. The first-order valence-electron chi connectivity index (χ1n) is 4.99. The molecule has 1 aromatic carbocycles. The Labute approximate surface area is 113 Å². The summed E-state index contributed by atoms with van der Waals surface area (Å²) in [6.45, 7) is 0. The monoisotopic (exact) mass is 297 g/mol. The Morgan fingerprint density at radius 2 is 2.11 bits per heavy atom. The number of halogens is 1. The number of rotatable bonds is 3. The van der Waals surface area contributed by atoms with Gasteiger partial charge in [-0.2, -0.15) is 5.26 Å². The second-order valence-corrected chi connectivity index (χ2v) is 6.16. The molecule has 0 fully saturated rings. The standard InChI is InChI=1S/C11H8FN3O2S2/c12-9-2-1-8(5-10(9)14)19(16,17)15-11-7(6-13)3-4-18-11/h1-5,15H,14H2. The van der Waals surface area contributed by atoms with Crippen LogP contribution in [0.4, 0.5) is 15.1 Å². The molecule has 0 spiro atoms. The van der Waals surface area contributed by atoms with E-state index in [0.29, 0.717) is 0 Å². The van der Waals surface area contributed by atoms with Gasteiger partial charge < -0.3 is 5.73 Å². The molecule has 0 aliphatic carbocycles. The zero-order chi connectivity index (χ0) is 14.0. The van der Waals surface area contributed by atoms with E-state index in [1.54, 1.807) is 5.38 Å². The van der Waals surface area contributed by atoms with Gasteiger partial charge in [-0.3, -0.25) is 4.72 Å². The summed E-state index contributed by atoms with van der Waals surface area (Å²) in [5.41, 5.74) is 5.30. The van der Waals surface area contributed by atoms with Crippen molar-refractivity contribution in [2.75, 3.05) is 10.5 Å². The molecule has 0 aliphatic heterocycles. The van der Waals surface area contributed by atoms with E-state index in [2.05, 4.69) is 4.72 Å². The third kappa shape index (κ3) is 2.67. The minimum atomic E-state index is -3.89. The largest absolute Gasteiger partial charge is 0.396 e. The molecule has 0 amide bonds. The molecule has 98 valence electrons. The molecule has 5 nitrogen and oxygen atoms in total. The zero-order valence-electron chi connectivity index (χ0n) is 9.42. The van der Waals surface area contributed by atoms with E-state index in [0.717, 1.165) is 29.5 Å². The smallest absolute Gasteiger partial charge is 0.262 e. The Balaban J connectivity index is 2.38. The lowest BCUT2D eigenvalue weighted by Crippen LogP contribution is -2.13. The van der Waals surface area contributed by atoms with E-state index in [9.17, 15) is 12.8 Å². The van der Waals surface area contributed by atoms with Crippen molar-refractivity contribution in [1.82, 2.24) is 0 Å². The van der Waals surface area contributed by atoms with Gasteiger partial charge in [-0.1, -0.05) is 0 Å². The van der Waals surface area contributed by atoms with Crippen LogP contribution in [0.1, 0.15) is 5.56 Å². The third-order valence-corrected chi connectivity index (χ3v) is 4.60. The van der Waals surface area contributed by atoms with Crippen LogP contribution in [0.25, 0.3) is 0 Å². The number of thiophene rings is 1. The minimum Gasteiger partial charge on any atom is -0.396 e. The lowest BCUT2D eigenvalue weighted by Gasteiger charge is -2.07. The number of hydrogen-bond acceptors (Lipinski definition) is 5. The van der Waals surface area contributed by atoms with E-state index in [4.69, 9.17) is 11.0 Å². The first-order chi connectivity index (χ1) is 8.94. The summed E-state index contributed by atoms with van der Waals surface area (Å²) < 4.78 is 39.4. The van der Waals surface area contributed by atoms with Crippen molar-refractivity contribution in [1.29, 1.82) is 5.26 Å². The Kier molecular flexibility index (Phi) is 3.42. The van der Waals surface area contributed by atoms with Gasteiger partial charge in [0.15, 0.2) is 0 Å². The summed E-state index contributed by atoms with van der Waals surface area (Å²) in [6.07, 6.45) is 0. The molecule has 0 saturated heterocycles. The van der Waals surface area contributed by atoms with Crippen molar-refractivity contribution in [2.24, 2.45) is 0 Å². The van der Waals surface area contributed by atoms with Gasteiger partial charge in [0, 0.05) is 0 Å². The second kappa shape index (κ2) is 4.87. The number of nitrogens with zero attached hydrogens (tertiary/aromatic N) is 1. The molecule has 2 rings (SSSR count). The summed E-state index contributed by atoms with van der Waals surface area (Å²) in [6, 6.07) is 6.48. The Hall–Kier alpha value is -2.11. The second-order valence-electron chi connectivity index (χ2n) is 3.56. The maximum Gasteiger partial charge on any atom is 0.262 e. The summed E-state index contributed by atoms with van der Waals surface area (Å²) in [4.78, 5) is -0.163. The van der Waals surface area contributed by atoms with E-state index in [-0.39, 0.29) is 21.1 Å². The van der Waals surface area contributed by atoms with Crippen LogP contribution in [0, 0.1) is 17.1 Å². The zero-order valence-corrected chi connectivity index (χ0v) is 11.1. The van der Waals surface area contributed by atoms with E-state index >= 15 is 0 Å². The Morgan fingerprint density at radius 1 is 1.37 bits per heavy atom. The van der Waals surface area contributed by atoms with Gasteiger partial charge in [0.2, 0.25) is 0 Å². The summed E-state index contributed by atoms with van der Waals surface area (Å²) in [5.74, 6) is -0.687. The fourth-order valence-electron chi connectivity index (χ4n) is 1.35. The maximum absolute atomic E-state index is 13.0. The van der Waals surface area contributed by atoms with Crippen LogP contribution < -0.4 is 10.5 Å². The number of nitrogen functional groups attached to an aromatic ring is 1. The van der Waals surface area contributed by atoms with Crippen molar-refractivity contribution < 1.29 is 12.8 Å². The lowest BCUT2D eigenvalue weighted by atomic mass is 10.3. The molecule has 2 aromatic rings. The first kappa shape index (κ1) is 13.3. The fraction of sp³-hybridized carbons (Fsp3) is 0. The third-order valence-electron chi connectivity index (χ3n) is 2.29. The quantitative estimate of drug-likeness (QED) is 0.848. The normalized spacial score (nSPS) is 10.9. The molecule has 0 saturated carbocycles. The molecule has 19 heavy (non-hydrogen) atoms. The molecule has 0 unspecified atom stereocenters. The SMILES string of the molecule is N#Cc1ccsc1NS(=O)(=O)c1ccc(F)c(N)c1. The van der Waals surface area contributed by atoms with Crippen LogP contribution >= 0.6 is 11.3 Å². The summed E-state index contributed by atoms with van der Waals surface area (Å²) >= 11 is 1.08. The number of benzene rings is 1. The number of nitriles is 1. The predicted octanol–water partition coefficient (Wildman–Crippen LogP) is 2.14. The van der Waals surface area contributed by atoms with Crippen LogP contribution in [0.3, 0.4) is 0 Å². The van der Waals surface area contributed by atoms with E-state index in [1.165, 1.54) is 6.07 Å². The molecular formula is C11H8FN3O2S2.